The average molecular weight is 265 g/mol. The summed E-state index contributed by atoms with van der Waals surface area (Å²) in [6, 6.07) is 0. The van der Waals surface area contributed by atoms with Crippen LogP contribution < -0.4 is 15.4 Å². The smallest absolute Gasteiger partial charge is 0.221 e. The molecule has 0 bridgehead atoms. The standard InChI is InChI=1S/C10H23N3O3S/c1-5-12-9(14)6-7-11-8-10(2,3)13-17(4,15)16/h11,13H,5-8H2,1-4H3,(H,12,14). The Hall–Kier alpha value is -0.660. The van der Waals surface area contributed by atoms with E-state index < -0.39 is 15.6 Å². The molecule has 0 aliphatic rings. The molecule has 0 aliphatic heterocycles. The van der Waals surface area contributed by atoms with Crippen LogP contribution in [0.4, 0.5) is 0 Å². The van der Waals surface area contributed by atoms with Crippen molar-refractivity contribution in [3.05, 3.63) is 0 Å². The highest BCUT2D eigenvalue weighted by molar-refractivity contribution is 7.88. The first kappa shape index (κ1) is 16.3. The largest absolute Gasteiger partial charge is 0.356 e. The molecule has 0 fully saturated rings. The summed E-state index contributed by atoms with van der Waals surface area (Å²) in [7, 11) is -3.21. The van der Waals surface area contributed by atoms with Crippen LogP contribution in [0.1, 0.15) is 27.2 Å². The van der Waals surface area contributed by atoms with Crippen molar-refractivity contribution in [3.8, 4) is 0 Å². The molecule has 6 nitrogen and oxygen atoms in total. The van der Waals surface area contributed by atoms with Crippen molar-refractivity contribution in [1.29, 1.82) is 0 Å². The Morgan fingerprint density at radius 1 is 1.29 bits per heavy atom. The number of nitrogens with one attached hydrogen (secondary N) is 3. The molecule has 0 spiro atoms. The highest BCUT2D eigenvalue weighted by Gasteiger charge is 2.21. The molecule has 0 saturated heterocycles. The molecule has 17 heavy (non-hydrogen) atoms. The first-order valence-corrected chi connectivity index (χ1v) is 7.52. The van der Waals surface area contributed by atoms with Crippen molar-refractivity contribution in [1.82, 2.24) is 15.4 Å². The SMILES string of the molecule is CCNC(=O)CCNCC(C)(C)NS(C)(=O)=O. The Morgan fingerprint density at radius 3 is 2.35 bits per heavy atom. The molecule has 0 saturated carbocycles. The number of hydrogen-bond donors (Lipinski definition) is 3. The second kappa shape index (κ2) is 6.93. The maximum atomic E-state index is 11.1. The molecule has 1 amide bonds. The molecule has 0 aromatic rings. The van der Waals surface area contributed by atoms with Gasteiger partial charge in [0.25, 0.3) is 0 Å². The zero-order chi connectivity index (χ0) is 13.5. The van der Waals surface area contributed by atoms with Gasteiger partial charge in [0, 0.05) is 31.6 Å². The fourth-order valence-electron chi connectivity index (χ4n) is 1.43. The molecular weight excluding hydrogens is 242 g/mol. The molecule has 0 unspecified atom stereocenters. The lowest BCUT2D eigenvalue weighted by atomic mass is 10.1. The Bertz CT molecular complexity index is 339. The number of amides is 1. The van der Waals surface area contributed by atoms with Crippen LogP contribution in [0.3, 0.4) is 0 Å². The van der Waals surface area contributed by atoms with Gasteiger partial charge in [-0.25, -0.2) is 13.1 Å². The molecule has 0 aromatic heterocycles. The van der Waals surface area contributed by atoms with Gasteiger partial charge in [-0.1, -0.05) is 0 Å². The first-order valence-electron chi connectivity index (χ1n) is 5.62. The summed E-state index contributed by atoms with van der Waals surface area (Å²) in [6.45, 7) is 7.06. The zero-order valence-electron chi connectivity index (χ0n) is 11.0. The number of sulfonamides is 1. The van der Waals surface area contributed by atoms with E-state index in [0.29, 0.717) is 26.1 Å². The van der Waals surface area contributed by atoms with Gasteiger partial charge < -0.3 is 10.6 Å². The van der Waals surface area contributed by atoms with Crippen LogP contribution in [0, 0.1) is 0 Å². The van der Waals surface area contributed by atoms with E-state index in [1.54, 1.807) is 13.8 Å². The predicted molar refractivity (Wildman–Crippen MR) is 68.2 cm³/mol. The molecule has 0 rings (SSSR count). The average Bonchev–Trinajstić information content (AvgIpc) is 2.09. The van der Waals surface area contributed by atoms with E-state index in [2.05, 4.69) is 15.4 Å². The van der Waals surface area contributed by atoms with Crippen molar-refractivity contribution in [3.63, 3.8) is 0 Å². The summed E-state index contributed by atoms with van der Waals surface area (Å²) < 4.78 is 24.7. The second-order valence-electron chi connectivity index (χ2n) is 4.64. The highest BCUT2D eigenvalue weighted by Crippen LogP contribution is 2.01. The van der Waals surface area contributed by atoms with Gasteiger partial charge in [0.05, 0.1) is 6.26 Å². The lowest BCUT2D eigenvalue weighted by Crippen LogP contribution is -2.50. The van der Waals surface area contributed by atoms with Crippen molar-refractivity contribution in [2.75, 3.05) is 25.9 Å². The van der Waals surface area contributed by atoms with Crippen molar-refractivity contribution < 1.29 is 13.2 Å². The summed E-state index contributed by atoms with van der Waals surface area (Å²) in [5, 5.41) is 5.74. The van der Waals surface area contributed by atoms with E-state index in [1.807, 2.05) is 6.92 Å². The minimum absolute atomic E-state index is 0.00567. The van der Waals surface area contributed by atoms with Crippen LogP contribution in [0.2, 0.25) is 0 Å². The fraction of sp³-hybridized carbons (Fsp3) is 0.900. The van der Waals surface area contributed by atoms with Gasteiger partial charge in [0.1, 0.15) is 0 Å². The Morgan fingerprint density at radius 2 is 1.88 bits per heavy atom. The van der Waals surface area contributed by atoms with Gasteiger partial charge in [-0.3, -0.25) is 4.79 Å². The minimum atomic E-state index is -3.21. The van der Waals surface area contributed by atoms with E-state index in [4.69, 9.17) is 0 Å². The van der Waals surface area contributed by atoms with E-state index in [-0.39, 0.29) is 5.91 Å². The van der Waals surface area contributed by atoms with Crippen LogP contribution >= 0.6 is 0 Å². The summed E-state index contributed by atoms with van der Waals surface area (Å²) in [5.74, 6) is -0.00567. The number of carbonyl (C=O) groups is 1. The third-order valence-corrected chi connectivity index (χ3v) is 2.85. The van der Waals surface area contributed by atoms with Crippen molar-refractivity contribution >= 4 is 15.9 Å². The molecule has 7 heteroatoms. The van der Waals surface area contributed by atoms with Crippen molar-refractivity contribution in [2.45, 2.75) is 32.7 Å². The molecule has 0 aromatic carbocycles. The maximum Gasteiger partial charge on any atom is 0.221 e. The highest BCUT2D eigenvalue weighted by atomic mass is 32.2. The number of carbonyl (C=O) groups excluding carboxylic acids is 1. The molecular formula is C10H23N3O3S. The van der Waals surface area contributed by atoms with Gasteiger partial charge in [0.2, 0.25) is 15.9 Å². The second-order valence-corrected chi connectivity index (χ2v) is 6.39. The van der Waals surface area contributed by atoms with Crippen LogP contribution in [-0.2, 0) is 14.8 Å². The maximum absolute atomic E-state index is 11.1. The summed E-state index contributed by atoms with van der Waals surface area (Å²) >= 11 is 0. The van der Waals surface area contributed by atoms with Crippen LogP contribution in [0.15, 0.2) is 0 Å². The van der Waals surface area contributed by atoms with Gasteiger partial charge >= 0.3 is 0 Å². The van der Waals surface area contributed by atoms with Crippen molar-refractivity contribution in [2.24, 2.45) is 0 Å². The Balaban J connectivity index is 3.84. The van der Waals surface area contributed by atoms with Gasteiger partial charge in [-0.15, -0.1) is 0 Å². The molecule has 102 valence electrons. The van der Waals surface area contributed by atoms with Crippen LogP contribution in [0.25, 0.3) is 0 Å². The summed E-state index contributed by atoms with van der Waals surface area (Å²) in [4.78, 5) is 11.1. The van der Waals surface area contributed by atoms with Crippen LogP contribution in [0.5, 0.6) is 0 Å². The monoisotopic (exact) mass is 265 g/mol. The molecule has 3 N–H and O–H groups in total. The number of rotatable bonds is 8. The Labute approximate surface area is 104 Å². The topological polar surface area (TPSA) is 87.3 Å². The van der Waals surface area contributed by atoms with Gasteiger partial charge in [-0.2, -0.15) is 0 Å². The number of hydrogen-bond acceptors (Lipinski definition) is 4. The quantitative estimate of drug-likeness (QED) is 0.513. The predicted octanol–water partition coefficient (Wildman–Crippen LogP) is -0.570. The van der Waals surface area contributed by atoms with E-state index in [1.165, 1.54) is 0 Å². The lowest BCUT2D eigenvalue weighted by molar-refractivity contribution is -0.120. The normalized spacial score (nSPS) is 12.5. The molecule has 0 aliphatic carbocycles. The third-order valence-electron chi connectivity index (χ3n) is 1.93. The third kappa shape index (κ3) is 10.2. The van der Waals surface area contributed by atoms with E-state index in [9.17, 15) is 13.2 Å². The molecule has 0 heterocycles. The van der Waals surface area contributed by atoms with Gasteiger partial charge in [-0.05, 0) is 20.8 Å². The first-order chi connectivity index (χ1) is 7.66. The minimum Gasteiger partial charge on any atom is -0.356 e. The lowest BCUT2D eigenvalue weighted by Gasteiger charge is -2.25. The molecule has 0 atom stereocenters. The molecule has 0 radical (unpaired) electrons. The van der Waals surface area contributed by atoms with Gasteiger partial charge in [0.15, 0.2) is 0 Å². The zero-order valence-corrected chi connectivity index (χ0v) is 11.8. The Kier molecular flexibility index (Phi) is 6.66. The summed E-state index contributed by atoms with van der Waals surface area (Å²) in [5.41, 5.74) is -0.561. The van der Waals surface area contributed by atoms with Crippen LogP contribution in [-0.4, -0.2) is 45.8 Å². The fourth-order valence-corrected chi connectivity index (χ4v) is 2.50. The van der Waals surface area contributed by atoms with E-state index >= 15 is 0 Å². The van der Waals surface area contributed by atoms with E-state index in [0.717, 1.165) is 6.26 Å². The summed E-state index contributed by atoms with van der Waals surface area (Å²) in [6.07, 6.45) is 1.52.